The summed E-state index contributed by atoms with van der Waals surface area (Å²) in [6.07, 6.45) is 1.75. The topological polar surface area (TPSA) is 26.0 Å². The monoisotopic (exact) mass is 167 g/mol. The molecule has 1 aromatic rings. The molecule has 0 radical (unpaired) electrons. The molecule has 0 aliphatic rings. The fraction of sp³-hybridized carbons (Fsp3) is 0.400. The van der Waals surface area contributed by atoms with Crippen LogP contribution in [0.4, 0.5) is 4.39 Å². The number of hydrogen-bond acceptors (Lipinski definition) is 1. The highest BCUT2D eigenvalue weighted by molar-refractivity contribution is 5.25. The zero-order chi connectivity index (χ0) is 8.97. The van der Waals surface area contributed by atoms with Gasteiger partial charge in [-0.15, -0.1) is 0 Å². The summed E-state index contributed by atoms with van der Waals surface area (Å²) in [6.45, 7) is 2.32. The number of rotatable bonds is 3. The lowest BCUT2D eigenvalue weighted by molar-refractivity contribution is 0.591. The molecule has 0 fully saturated rings. The molecule has 1 aromatic carbocycles. The van der Waals surface area contributed by atoms with Crippen molar-refractivity contribution in [2.24, 2.45) is 5.73 Å². The zero-order valence-electron chi connectivity index (χ0n) is 7.31. The first-order valence-electron chi connectivity index (χ1n) is 4.26. The molecule has 2 heteroatoms. The Morgan fingerprint density at radius 1 is 1.33 bits per heavy atom. The molecule has 0 aliphatic heterocycles. The molecular formula is C10H14FN. The molecule has 0 spiro atoms. The van der Waals surface area contributed by atoms with Gasteiger partial charge < -0.3 is 5.73 Å². The SMILES string of the molecule is CCCc1cccc(CN)c1F. The minimum Gasteiger partial charge on any atom is -0.326 e. The fourth-order valence-electron chi connectivity index (χ4n) is 1.25. The third-order valence-corrected chi connectivity index (χ3v) is 1.90. The highest BCUT2D eigenvalue weighted by atomic mass is 19.1. The molecule has 0 bridgehead atoms. The van der Waals surface area contributed by atoms with Gasteiger partial charge in [0.1, 0.15) is 5.82 Å². The van der Waals surface area contributed by atoms with Crippen molar-refractivity contribution in [1.82, 2.24) is 0 Å². The lowest BCUT2D eigenvalue weighted by Gasteiger charge is -2.04. The Hall–Kier alpha value is -0.890. The molecule has 1 rings (SSSR count). The molecule has 12 heavy (non-hydrogen) atoms. The van der Waals surface area contributed by atoms with Gasteiger partial charge in [-0.1, -0.05) is 31.5 Å². The predicted molar refractivity (Wildman–Crippen MR) is 48.3 cm³/mol. The second-order valence-corrected chi connectivity index (χ2v) is 2.84. The summed E-state index contributed by atoms with van der Waals surface area (Å²) in [5, 5.41) is 0. The summed E-state index contributed by atoms with van der Waals surface area (Å²) in [4.78, 5) is 0. The molecule has 0 heterocycles. The van der Waals surface area contributed by atoms with E-state index in [0.717, 1.165) is 18.4 Å². The van der Waals surface area contributed by atoms with Crippen LogP contribution in [0.2, 0.25) is 0 Å². The largest absolute Gasteiger partial charge is 0.326 e. The van der Waals surface area contributed by atoms with Crippen molar-refractivity contribution >= 4 is 0 Å². The van der Waals surface area contributed by atoms with E-state index in [2.05, 4.69) is 0 Å². The van der Waals surface area contributed by atoms with Gasteiger partial charge in [0.2, 0.25) is 0 Å². The van der Waals surface area contributed by atoms with Crippen LogP contribution in [0.15, 0.2) is 18.2 Å². The average molecular weight is 167 g/mol. The summed E-state index contributed by atoms with van der Waals surface area (Å²) >= 11 is 0. The Morgan fingerprint density at radius 3 is 2.58 bits per heavy atom. The van der Waals surface area contributed by atoms with E-state index in [4.69, 9.17) is 5.73 Å². The van der Waals surface area contributed by atoms with Gasteiger partial charge in [-0.25, -0.2) is 4.39 Å². The lowest BCUT2D eigenvalue weighted by Crippen LogP contribution is -2.02. The van der Waals surface area contributed by atoms with E-state index in [1.165, 1.54) is 0 Å². The maximum atomic E-state index is 13.4. The Labute approximate surface area is 72.4 Å². The molecule has 0 aromatic heterocycles. The third-order valence-electron chi connectivity index (χ3n) is 1.90. The second kappa shape index (κ2) is 4.21. The highest BCUT2D eigenvalue weighted by Gasteiger charge is 2.04. The van der Waals surface area contributed by atoms with E-state index in [0.29, 0.717) is 5.56 Å². The van der Waals surface area contributed by atoms with Gasteiger partial charge in [0.15, 0.2) is 0 Å². The summed E-state index contributed by atoms with van der Waals surface area (Å²) < 4.78 is 13.4. The minimum atomic E-state index is -0.123. The van der Waals surface area contributed by atoms with E-state index >= 15 is 0 Å². The molecule has 0 saturated carbocycles. The first-order valence-corrected chi connectivity index (χ1v) is 4.26. The van der Waals surface area contributed by atoms with Crippen LogP contribution in [-0.2, 0) is 13.0 Å². The maximum Gasteiger partial charge on any atom is 0.130 e. The summed E-state index contributed by atoms with van der Waals surface area (Å²) in [6, 6.07) is 5.41. The van der Waals surface area contributed by atoms with Crippen molar-refractivity contribution in [3.05, 3.63) is 35.1 Å². The number of halogens is 1. The van der Waals surface area contributed by atoms with Gasteiger partial charge in [0, 0.05) is 12.1 Å². The van der Waals surface area contributed by atoms with E-state index in [-0.39, 0.29) is 12.4 Å². The van der Waals surface area contributed by atoms with Gasteiger partial charge in [-0.2, -0.15) is 0 Å². The molecule has 2 N–H and O–H groups in total. The van der Waals surface area contributed by atoms with E-state index in [1.54, 1.807) is 6.07 Å². The second-order valence-electron chi connectivity index (χ2n) is 2.84. The molecule has 0 unspecified atom stereocenters. The highest BCUT2D eigenvalue weighted by Crippen LogP contribution is 2.13. The maximum absolute atomic E-state index is 13.4. The van der Waals surface area contributed by atoms with Gasteiger partial charge in [0.25, 0.3) is 0 Å². The molecule has 66 valence electrons. The number of hydrogen-bond donors (Lipinski definition) is 1. The van der Waals surface area contributed by atoms with Crippen LogP contribution in [0.5, 0.6) is 0 Å². The van der Waals surface area contributed by atoms with Crippen LogP contribution in [0, 0.1) is 5.82 Å². The van der Waals surface area contributed by atoms with Crippen molar-refractivity contribution in [2.45, 2.75) is 26.3 Å². The molecular weight excluding hydrogens is 153 g/mol. The number of nitrogens with two attached hydrogens (primary N) is 1. The smallest absolute Gasteiger partial charge is 0.130 e. The van der Waals surface area contributed by atoms with Gasteiger partial charge in [-0.3, -0.25) is 0 Å². The molecule has 1 nitrogen and oxygen atoms in total. The van der Waals surface area contributed by atoms with Crippen LogP contribution in [0.3, 0.4) is 0 Å². The Bertz CT molecular complexity index is 258. The van der Waals surface area contributed by atoms with Crippen molar-refractivity contribution in [2.75, 3.05) is 0 Å². The summed E-state index contributed by atoms with van der Waals surface area (Å²) in [5.41, 5.74) is 6.77. The number of benzene rings is 1. The van der Waals surface area contributed by atoms with E-state index < -0.39 is 0 Å². The first-order chi connectivity index (χ1) is 5.79. The van der Waals surface area contributed by atoms with Gasteiger partial charge >= 0.3 is 0 Å². The molecule has 0 aliphatic carbocycles. The van der Waals surface area contributed by atoms with Crippen molar-refractivity contribution < 1.29 is 4.39 Å². The van der Waals surface area contributed by atoms with Crippen molar-refractivity contribution in [3.63, 3.8) is 0 Å². The Morgan fingerprint density at radius 2 is 2.00 bits per heavy atom. The fourth-order valence-corrected chi connectivity index (χ4v) is 1.25. The molecule has 0 saturated heterocycles. The number of aryl methyl sites for hydroxylation is 1. The Kier molecular flexibility index (Phi) is 3.23. The minimum absolute atomic E-state index is 0.123. The Balaban J connectivity index is 2.97. The summed E-state index contributed by atoms with van der Waals surface area (Å²) in [5.74, 6) is -0.123. The molecule has 0 atom stereocenters. The normalized spacial score (nSPS) is 10.2. The standard InChI is InChI=1S/C10H14FN/c1-2-4-8-5-3-6-9(7-12)10(8)11/h3,5-6H,2,4,7,12H2,1H3. The quantitative estimate of drug-likeness (QED) is 0.734. The lowest BCUT2D eigenvalue weighted by atomic mass is 10.1. The van der Waals surface area contributed by atoms with Crippen molar-refractivity contribution in [3.8, 4) is 0 Å². The third kappa shape index (κ3) is 1.83. The van der Waals surface area contributed by atoms with E-state index in [1.807, 2.05) is 19.1 Å². The van der Waals surface area contributed by atoms with Crippen LogP contribution >= 0.6 is 0 Å². The van der Waals surface area contributed by atoms with Crippen LogP contribution < -0.4 is 5.73 Å². The zero-order valence-corrected chi connectivity index (χ0v) is 7.31. The van der Waals surface area contributed by atoms with Gasteiger partial charge in [0.05, 0.1) is 0 Å². The predicted octanol–water partition coefficient (Wildman–Crippen LogP) is 2.24. The summed E-state index contributed by atoms with van der Waals surface area (Å²) in [7, 11) is 0. The van der Waals surface area contributed by atoms with Crippen molar-refractivity contribution in [1.29, 1.82) is 0 Å². The van der Waals surface area contributed by atoms with E-state index in [9.17, 15) is 4.39 Å². The van der Waals surface area contributed by atoms with Crippen LogP contribution in [0.25, 0.3) is 0 Å². The first kappa shape index (κ1) is 9.20. The van der Waals surface area contributed by atoms with Crippen LogP contribution in [0.1, 0.15) is 24.5 Å². The molecule has 0 amide bonds. The van der Waals surface area contributed by atoms with Crippen LogP contribution in [-0.4, -0.2) is 0 Å². The average Bonchev–Trinajstić information content (AvgIpc) is 2.09. The van der Waals surface area contributed by atoms with Gasteiger partial charge in [-0.05, 0) is 12.0 Å².